The second kappa shape index (κ2) is 8.50. The fourth-order valence-corrected chi connectivity index (χ4v) is 6.11. The van der Waals surface area contributed by atoms with Gasteiger partial charge in [-0.2, -0.15) is 0 Å². The van der Waals surface area contributed by atoms with Crippen molar-refractivity contribution in [2.45, 2.75) is 55.6 Å². The molecule has 1 amide bonds. The highest BCUT2D eigenvalue weighted by Crippen LogP contribution is 2.32. The van der Waals surface area contributed by atoms with Gasteiger partial charge in [0.1, 0.15) is 17.5 Å². The molecule has 29 heavy (non-hydrogen) atoms. The van der Waals surface area contributed by atoms with E-state index in [1.807, 2.05) is 30.3 Å². The molecule has 1 aromatic carbocycles. The average molecular weight is 424 g/mol. The maximum atomic E-state index is 13.0. The summed E-state index contributed by atoms with van der Waals surface area (Å²) in [4.78, 5) is 37.2. The van der Waals surface area contributed by atoms with Crippen molar-refractivity contribution < 1.29 is 33.0 Å². The van der Waals surface area contributed by atoms with Crippen LogP contribution in [0, 0.1) is 0 Å². The molecule has 4 atom stereocenters. The van der Waals surface area contributed by atoms with E-state index >= 15 is 0 Å². The number of amides is 1. The third kappa shape index (κ3) is 4.59. The highest BCUT2D eigenvalue weighted by molar-refractivity contribution is 7.92. The summed E-state index contributed by atoms with van der Waals surface area (Å²) in [5, 5.41) is 20.6. The lowest BCUT2D eigenvalue weighted by Gasteiger charge is -2.29. The minimum atomic E-state index is -3.73. The van der Waals surface area contributed by atoms with Crippen LogP contribution in [0.3, 0.4) is 0 Å². The number of sulfone groups is 1. The fourth-order valence-electron chi connectivity index (χ4n) is 4.02. The SMILES string of the molecule is O=C(O)C(CCc1ccccc1)N[C@H]1CCC[C@@H]2N(C1=O)[C@H](C(=O)O)CS2(=O)=O. The molecule has 10 heteroatoms. The summed E-state index contributed by atoms with van der Waals surface area (Å²) in [6.45, 7) is 0. The molecule has 1 aromatic rings. The summed E-state index contributed by atoms with van der Waals surface area (Å²) in [5.41, 5.74) is 0.962. The van der Waals surface area contributed by atoms with E-state index in [4.69, 9.17) is 0 Å². The van der Waals surface area contributed by atoms with E-state index in [-0.39, 0.29) is 19.3 Å². The number of hydrogen-bond donors (Lipinski definition) is 3. The molecule has 0 bridgehead atoms. The van der Waals surface area contributed by atoms with Crippen molar-refractivity contribution in [3.8, 4) is 0 Å². The standard InChI is InChI=1S/C19H24N2O7S/c22-17-13(20-14(18(23)24)10-9-12-5-2-1-3-6-12)7-4-8-16-21(17)15(19(25)26)11-29(16,27)28/h1-3,5-6,13-16,20H,4,7-11H2,(H,23,24)(H,25,26)/t13-,14?,15-,16+/m0/s1. The Morgan fingerprint density at radius 3 is 2.48 bits per heavy atom. The van der Waals surface area contributed by atoms with Crippen LogP contribution < -0.4 is 5.32 Å². The molecule has 9 nitrogen and oxygen atoms in total. The number of carboxylic acid groups (broad SMARTS) is 2. The number of aliphatic carboxylic acids is 2. The molecule has 0 radical (unpaired) electrons. The largest absolute Gasteiger partial charge is 0.480 e. The lowest BCUT2D eigenvalue weighted by Crippen LogP contribution is -2.55. The van der Waals surface area contributed by atoms with E-state index in [0.717, 1.165) is 10.5 Å². The number of benzene rings is 1. The molecule has 2 aliphatic rings. The Labute approximate surface area is 168 Å². The molecular weight excluding hydrogens is 400 g/mol. The van der Waals surface area contributed by atoms with Crippen LogP contribution in [-0.2, 0) is 30.6 Å². The first-order chi connectivity index (χ1) is 13.7. The molecule has 2 fully saturated rings. The van der Waals surface area contributed by atoms with E-state index in [1.54, 1.807) is 0 Å². The summed E-state index contributed by atoms with van der Waals surface area (Å²) in [7, 11) is -3.73. The van der Waals surface area contributed by atoms with Crippen LogP contribution in [0.1, 0.15) is 31.2 Å². The summed E-state index contributed by atoms with van der Waals surface area (Å²) in [6.07, 6.45) is 1.51. The molecular formula is C19H24N2O7S. The zero-order valence-electron chi connectivity index (χ0n) is 15.7. The van der Waals surface area contributed by atoms with Gasteiger partial charge in [-0.15, -0.1) is 0 Å². The van der Waals surface area contributed by atoms with E-state index in [2.05, 4.69) is 5.32 Å². The van der Waals surface area contributed by atoms with E-state index in [0.29, 0.717) is 12.8 Å². The predicted octanol–water partition coefficient (Wildman–Crippen LogP) is 0.251. The molecule has 3 rings (SSSR count). The highest BCUT2D eigenvalue weighted by Gasteiger charge is 2.53. The molecule has 3 N–H and O–H groups in total. The van der Waals surface area contributed by atoms with Gasteiger partial charge in [-0.25, -0.2) is 13.2 Å². The Kier molecular flexibility index (Phi) is 6.23. The number of nitrogens with zero attached hydrogens (tertiary/aromatic N) is 1. The first kappa shape index (κ1) is 21.3. The van der Waals surface area contributed by atoms with Crippen molar-refractivity contribution in [1.29, 1.82) is 0 Å². The summed E-state index contributed by atoms with van der Waals surface area (Å²) in [6, 6.07) is 5.95. The van der Waals surface area contributed by atoms with Crippen LogP contribution in [0.2, 0.25) is 0 Å². The Morgan fingerprint density at radius 2 is 1.86 bits per heavy atom. The lowest BCUT2D eigenvalue weighted by molar-refractivity contribution is -0.150. The Balaban J connectivity index is 1.76. The highest BCUT2D eigenvalue weighted by atomic mass is 32.2. The molecule has 2 heterocycles. The number of nitrogens with one attached hydrogen (secondary N) is 1. The number of rotatable bonds is 7. The number of aryl methyl sites for hydroxylation is 1. The second-order valence-corrected chi connectivity index (χ2v) is 9.65. The zero-order chi connectivity index (χ0) is 21.2. The third-order valence-electron chi connectivity index (χ3n) is 5.50. The van der Waals surface area contributed by atoms with Crippen molar-refractivity contribution >= 4 is 27.7 Å². The minimum absolute atomic E-state index is 0.151. The lowest BCUT2D eigenvalue weighted by atomic mass is 10.0. The topological polar surface area (TPSA) is 141 Å². The summed E-state index contributed by atoms with van der Waals surface area (Å²) < 4.78 is 24.7. The van der Waals surface area contributed by atoms with Gasteiger partial charge in [0.15, 0.2) is 9.84 Å². The average Bonchev–Trinajstić information content (AvgIpc) is 2.83. The monoisotopic (exact) mass is 424 g/mol. The van der Waals surface area contributed by atoms with Crippen LogP contribution in [0.15, 0.2) is 30.3 Å². The van der Waals surface area contributed by atoms with Crippen LogP contribution in [-0.4, -0.2) is 70.6 Å². The first-order valence-corrected chi connectivity index (χ1v) is 11.2. The Morgan fingerprint density at radius 1 is 1.17 bits per heavy atom. The number of carboxylic acids is 2. The fraction of sp³-hybridized carbons (Fsp3) is 0.526. The number of hydrogen-bond acceptors (Lipinski definition) is 6. The van der Waals surface area contributed by atoms with Crippen molar-refractivity contribution in [2.24, 2.45) is 0 Å². The molecule has 1 unspecified atom stereocenters. The van der Waals surface area contributed by atoms with E-state index < -0.39 is 56.9 Å². The van der Waals surface area contributed by atoms with Crippen LogP contribution in [0.4, 0.5) is 0 Å². The smallest absolute Gasteiger partial charge is 0.327 e. The predicted molar refractivity (Wildman–Crippen MR) is 103 cm³/mol. The van der Waals surface area contributed by atoms with Gasteiger partial charge in [0, 0.05) is 0 Å². The summed E-state index contributed by atoms with van der Waals surface area (Å²) in [5.74, 6) is -3.75. The first-order valence-electron chi connectivity index (χ1n) is 9.50. The number of carbonyl (C=O) groups excluding carboxylic acids is 1. The molecule has 2 aliphatic heterocycles. The van der Waals surface area contributed by atoms with Gasteiger partial charge in [0.05, 0.1) is 11.8 Å². The maximum absolute atomic E-state index is 13.0. The van der Waals surface area contributed by atoms with E-state index in [1.165, 1.54) is 0 Å². The van der Waals surface area contributed by atoms with Gasteiger partial charge in [0.2, 0.25) is 5.91 Å². The maximum Gasteiger partial charge on any atom is 0.327 e. The van der Waals surface area contributed by atoms with Gasteiger partial charge < -0.3 is 15.1 Å². The molecule has 2 saturated heterocycles. The number of carbonyl (C=O) groups is 3. The summed E-state index contributed by atoms with van der Waals surface area (Å²) >= 11 is 0. The van der Waals surface area contributed by atoms with Gasteiger partial charge in [-0.1, -0.05) is 30.3 Å². The molecule has 0 saturated carbocycles. The van der Waals surface area contributed by atoms with E-state index in [9.17, 15) is 33.0 Å². The van der Waals surface area contributed by atoms with Crippen molar-refractivity contribution in [3.05, 3.63) is 35.9 Å². The van der Waals surface area contributed by atoms with Crippen LogP contribution >= 0.6 is 0 Å². The Hall–Kier alpha value is -2.46. The van der Waals surface area contributed by atoms with Crippen molar-refractivity contribution in [3.63, 3.8) is 0 Å². The molecule has 0 spiro atoms. The third-order valence-corrected chi connectivity index (χ3v) is 7.57. The van der Waals surface area contributed by atoms with Gasteiger partial charge in [-0.05, 0) is 37.7 Å². The van der Waals surface area contributed by atoms with Crippen molar-refractivity contribution in [2.75, 3.05) is 5.75 Å². The van der Waals surface area contributed by atoms with Gasteiger partial charge >= 0.3 is 11.9 Å². The van der Waals surface area contributed by atoms with Crippen molar-refractivity contribution in [1.82, 2.24) is 10.2 Å². The Bertz CT molecular complexity index is 887. The number of fused-ring (bicyclic) bond motifs is 1. The normalized spacial score (nSPS) is 27.1. The van der Waals surface area contributed by atoms with Gasteiger partial charge in [-0.3, -0.25) is 14.9 Å². The van der Waals surface area contributed by atoms with Gasteiger partial charge in [0.25, 0.3) is 0 Å². The molecule has 0 aliphatic carbocycles. The van der Waals surface area contributed by atoms with Crippen LogP contribution in [0.5, 0.6) is 0 Å². The quantitative estimate of drug-likeness (QED) is 0.566. The second-order valence-electron chi connectivity index (χ2n) is 7.45. The zero-order valence-corrected chi connectivity index (χ0v) is 16.5. The van der Waals surface area contributed by atoms with Crippen LogP contribution in [0.25, 0.3) is 0 Å². The minimum Gasteiger partial charge on any atom is -0.480 e. The molecule has 158 valence electrons. The molecule has 0 aromatic heterocycles.